The van der Waals surface area contributed by atoms with Gasteiger partial charge in [-0.15, -0.1) is 11.3 Å². The van der Waals surface area contributed by atoms with E-state index in [-0.39, 0.29) is 18.4 Å². The second kappa shape index (κ2) is 8.31. The van der Waals surface area contributed by atoms with Crippen LogP contribution in [0.15, 0.2) is 29.6 Å². The molecule has 0 radical (unpaired) electrons. The molecule has 0 bridgehead atoms. The van der Waals surface area contributed by atoms with Crippen molar-refractivity contribution in [2.24, 2.45) is 0 Å². The van der Waals surface area contributed by atoms with E-state index in [1.54, 1.807) is 29.6 Å². The first kappa shape index (κ1) is 17.7. The zero-order valence-corrected chi connectivity index (χ0v) is 15.2. The highest BCUT2D eigenvalue weighted by Crippen LogP contribution is 2.18. The Morgan fingerprint density at radius 3 is 2.56 bits per heavy atom. The minimum atomic E-state index is -0.384. The summed E-state index contributed by atoms with van der Waals surface area (Å²) < 4.78 is 0. The molecule has 3 rings (SSSR count). The minimum absolute atomic E-state index is 0.0992. The third-order valence-corrected chi connectivity index (χ3v) is 4.97. The van der Waals surface area contributed by atoms with Crippen LogP contribution in [0.4, 0.5) is 15.6 Å². The van der Waals surface area contributed by atoms with Crippen molar-refractivity contribution in [1.29, 1.82) is 0 Å². The van der Waals surface area contributed by atoms with Crippen LogP contribution in [-0.4, -0.2) is 34.9 Å². The molecule has 0 saturated carbocycles. The molecule has 0 atom stereocenters. The Hall–Kier alpha value is -2.12. The Morgan fingerprint density at radius 1 is 1.12 bits per heavy atom. The summed E-state index contributed by atoms with van der Waals surface area (Å²) in [6.45, 7) is 1.66. The number of nitrogens with zero attached hydrogens (tertiary/aromatic N) is 2. The standard InChI is InChI=1S/C17H19ClN4O2S/c18-12-4-6-13(7-5-12)19-16(24)21-17-20-14(11-25-17)10-15(23)22-8-2-1-3-9-22/h4-7,11H,1-3,8-10H2,(H2,19,20,21,24). The molecule has 1 aliphatic rings. The normalized spacial score (nSPS) is 14.2. The second-order valence-electron chi connectivity index (χ2n) is 5.85. The quantitative estimate of drug-likeness (QED) is 0.844. The van der Waals surface area contributed by atoms with Gasteiger partial charge in [-0.3, -0.25) is 10.1 Å². The van der Waals surface area contributed by atoms with Crippen molar-refractivity contribution >= 4 is 45.7 Å². The van der Waals surface area contributed by atoms with E-state index in [1.165, 1.54) is 17.8 Å². The lowest BCUT2D eigenvalue weighted by molar-refractivity contribution is -0.131. The van der Waals surface area contributed by atoms with Gasteiger partial charge in [-0.2, -0.15) is 0 Å². The van der Waals surface area contributed by atoms with Crippen LogP contribution in [0.25, 0.3) is 0 Å². The molecule has 6 nitrogen and oxygen atoms in total. The van der Waals surface area contributed by atoms with E-state index in [9.17, 15) is 9.59 Å². The summed E-state index contributed by atoms with van der Waals surface area (Å²) in [6, 6.07) is 6.44. The van der Waals surface area contributed by atoms with Crippen LogP contribution in [0.2, 0.25) is 5.02 Å². The molecule has 1 aromatic carbocycles. The number of likely N-dealkylation sites (tertiary alicyclic amines) is 1. The molecule has 2 N–H and O–H groups in total. The summed E-state index contributed by atoms with van der Waals surface area (Å²) in [4.78, 5) is 30.4. The Kier molecular flexibility index (Phi) is 5.88. The van der Waals surface area contributed by atoms with E-state index in [2.05, 4.69) is 15.6 Å². The summed E-state index contributed by atoms with van der Waals surface area (Å²) in [7, 11) is 0. The van der Waals surface area contributed by atoms with Gasteiger partial charge in [0.2, 0.25) is 5.91 Å². The monoisotopic (exact) mass is 378 g/mol. The molecule has 0 aliphatic carbocycles. The predicted octanol–water partition coefficient (Wildman–Crippen LogP) is 4.00. The van der Waals surface area contributed by atoms with Gasteiger partial charge in [0.25, 0.3) is 0 Å². The molecule has 3 amide bonds. The van der Waals surface area contributed by atoms with Crippen LogP contribution in [-0.2, 0) is 11.2 Å². The topological polar surface area (TPSA) is 74.3 Å². The van der Waals surface area contributed by atoms with Crippen molar-refractivity contribution in [3.05, 3.63) is 40.4 Å². The maximum Gasteiger partial charge on any atom is 0.325 e. The Balaban J connectivity index is 1.51. The van der Waals surface area contributed by atoms with Crippen LogP contribution in [0, 0.1) is 0 Å². The highest BCUT2D eigenvalue weighted by atomic mass is 35.5. The number of thiazole rings is 1. The fourth-order valence-electron chi connectivity index (χ4n) is 2.65. The van der Waals surface area contributed by atoms with Gasteiger partial charge in [0.1, 0.15) is 0 Å². The molecule has 1 aromatic heterocycles. The first-order valence-corrected chi connectivity index (χ1v) is 9.42. The van der Waals surface area contributed by atoms with Gasteiger partial charge in [-0.25, -0.2) is 9.78 Å². The lowest BCUT2D eigenvalue weighted by Gasteiger charge is -2.26. The predicted molar refractivity (Wildman–Crippen MR) is 100 cm³/mol. The molecular formula is C17H19ClN4O2S. The Bertz CT molecular complexity index is 741. The first-order chi connectivity index (χ1) is 12.1. The molecule has 25 heavy (non-hydrogen) atoms. The summed E-state index contributed by atoms with van der Waals surface area (Å²) in [6.07, 6.45) is 3.61. The number of benzene rings is 1. The molecule has 0 spiro atoms. The lowest BCUT2D eigenvalue weighted by Crippen LogP contribution is -2.36. The number of amides is 3. The van der Waals surface area contributed by atoms with Crippen molar-refractivity contribution in [3.8, 4) is 0 Å². The van der Waals surface area contributed by atoms with Crippen LogP contribution < -0.4 is 10.6 Å². The van der Waals surface area contributed by atoms with E-state index in [4.69, 9.17) is 11.6 Å². The Morgan fingerprint density at radius 2 is 1.84 bits per heavy atom. The molecule has 1 aliphatic heterocycles. The minimum Gasteiger partial charge on any atom is -0.342 e. The smallest absolute Gasteiger partial charge is 0.325 e. The van der Waals surface area contributed by atoms with Crippen LogP contribution in [0.3, 0.4) is 0 Å². The zero-order valence-electron chi connectivity index (χ0n) is 13.6. The van der Waals surface area contributed by atoms with E-state index >= 15 is 0 Å². The average Bonchev–Trinajstić information content (AvgIpc) is 3.04. The first-order valence-electron chi connectivity index (χ1n) is 8.16. The molecule has 1 fully saturated rings. The molecule has 2 aromatic rings. The molecular weight excluding hydrogens is 360 g/mol. The number of halogens is 1. The zero-order chi connectivity index (χ0) is 17.6. The van der Waals surface area contributed by atoms with Crippen molar-refractivity contribution in [2.75, 3.05) is 23.7 Å². The molecule has 1 saturated heterocycles. The SMILES string of the molecule is O=C(Nc1ccc(Cl)cc1)Nc1nc(CC(=O)N2CCCCC2)cs1. The summed E-state index contributed by atoms with van der Waals surface area (Å²) >= 11 is 7.12. The summed E-state index contributed by atoms with van der Waals surface area (Å²) in [5.74, 6) is 0.0992. The maximum atomic E-state index is 12.2. The summed E-state index contributed by atoms with van der Waals surface area (Å²) in [5.41, 5.74) is 1.32. The van der Waals surface area contributed by atoms with Crippen LogP contribution in [0.5, 0.6) is 0 Å². The van der Waals surface area contributed by atoms with Crippen molar-refractivity contribution in [2.45, 2.75) is 25.7 Å². The van der Waals surface area contributed by atoms with E-state index in [0.29, 0.717) is 21.5 Å². The molecule has 132 valence electrons. The fraction of sp³-hybridized carbons (Fsp3) is 0.353. The van der Waals surface area contributed by atoms with Gasteiger partial charge in [0, 0.05) is 29.2 Å². The molecule has 8 heteroatoms. The number of hydrogen-bond donors (Lipinski definition) is 2. The van der Waals surface area contributed by atoms with Crippen LogP contribution in [0.1, 0.15) is 25.0 Å². The highest BCUT2D eigenvalue weighted by molar-refractivity contribution is 7.14. The van der Waals surface area contributed by atoms with Gasteiger partial charge in [0.15, 0.2) is 5.13 Å². The number of carbonyl (C=O) groups excluding carboxylic acids is 2. The van der Waals surface area contributed by atoms with Gasteiger partial charge in [-0.1, -0.05) is 11.6 Å². The third-order valence-electron chi connectivity index (χ3n) is 3.92. The number of carbonyl (C=O) groups is 2. The number of nitrogens with one attached hydrogen (secondary N) is 2. The van der Waals surface area contributed by atoms with E-state index in [0.717, 1.165) is 25.9 Å². The van der Waals surface area contributed by atoms with Crippen molar-refractivity contribution in [3.63, 3.8) is 0 Å². The van der Waals surface area contributed by atoms with Gasteiger partial charge >= 0.3 is 6.03 Å². The fourth-order valence-corrected chi connectivity index (χ4v) is 3.48. The molecule has 2 heterocycles. The highest BCUT2D eigenvalue weighted by Gasteiger charge is 2.18. The van der Waals surface area contributed by atoms with Crippen molar-refractivity contribution in [1.82, 2.24) is 9.88 Å². The number of hydrogen-bond acceptors (Lipinski definition) is 4. The number of piperidine rings is 1. The van der Waals surface area contributed by atoms with Crippen molar-refractivity contribution < 1.29 is 9.59 Å². The number of anilines is 2. The number of urea groups is 1. The maximum absolute atomic E-state index is 12.2. The summed E-state index contributed by atoms with van der Waals surface area (Å²) in [5, 5.41) is 8.26. The third kappa shape index (κ3) is 5.17. The molecule has 0 unspecified atom stereocenters. The van der Waals surface area contributed by atoms with Gasteiger partial charge < -0.3 is 10.2 Å². The van der Waals surface area contributed by atoms with E-state index in [1.807, 2.05) is 4.90 Å². The van der Waals surface area contributed by atoms with E-state index < -0.39 is 0 Å². The average molecular weight is 379 g/mol. The van der Waals surface area contributed by atoms with Gasteiger partial charge in [0.05, 0.1) is 12.1 Å². The number of rotatable bonds is 4. The lowest BCUT2D eigenvalue weighted by atomic mass is 10.1. The second-order valence-corrected chi connectivity index (χ2v) is 7.14. The van der Waals surface area contributed by atoms with Crippen LogP contribution >= 0.6 is 22.9 Å². The Labute approximate surface area is 155 Å². The largest absolute Gasteiger partial charge is 0.342 e. The van der Waals surface area contributed by atoms with Gasteiger partial charge in [-0.05, 0) is 43.5 Å². The number of aromatic nitrogens is 1.